The lowest BCUT2D eigenvalue weighted by Crippen LogP contribution is -2.28. The highest BCUT2D eigenvalue weighted by atomic mass is 16.5. The molecule has 13 heavy (non-hydrogen) atoms. The Labute approximate surface area is 78.4 Å². The molecular weight excluding hydrogens is 168 g/mol. The van der Waals surface area contributed by atoms with Crippen molar-refractivity contribution in [2.45, 2.75) is 31.8 Å². The fraction of sp³-hybridized carbons (Fsp3) is 0.900. The highest BCUT2D eigenvalue weighted by Crippen LogP contribution is 2.34. The molecule has 0 N–H and O–H groups in total. The SMILES string of the molecule is O=CC1(C[C@@H]2CCCO2)CCOC1. The zero-order valence-electron chi connectivity index (χ0n) is 7.83. The summed E-state index contributed by atoms with van der Waals surface area (Å²) in [4.78, 5) is 11.0. The minimum Gasteiger partial charge on any atom is -0.380 e. The Kier molecular flexibility index (Phi) is 2.65. The topological polar surface area (TPSA) is 35.5 Å². The van der Waals surface area contributed by atoms with E-state index in [1.807, 2.05) is 0 Å². The number of rotatable bonds is 3. The molecule has 2 saturated heterocycles. The zero-order valence-corrected chi connectivity index (χ0v) is 7.83. The van der Waals surface area contributed by atoms with Gasteiger partial charge in [0.25, 0.3) is 0 Å². The van der Waals surface area contributed by atoms with Gasteiger partial charge in [0.2, 0.25) is 0 Å². The molecular formula is C10H16O3. The molecule has 2 aliphatic rings. The molecule has 3 nitrogen and oxygen atoms in total. The molecule has 2 rings (SSSR count). The van der Waals surface area contributed by atoms with Crippen molar-refractivity contribution >= 4 is 6.29 Å². The van der Waals surface area contributed by atoms with Gasteiger partial charge in [-0.3, -0.25) is 0 Å². The molecule has 0 aromatic heterocycles. The van der Waals surface area contributed by atoms with Crippen LogP contribution < -0.4 is 0 Å². The van der Waals surface area contributed by atoms with Crippen molar-refractivity contribution < 1.29 is 14.3 Å². The van der Waals surface area contributed by atoms with Crippen LogP contribution in [0.1, 0.15) is 25.7 Å². The molecule has 0 radical (unpaired) electrons. The van der Waals surface area contributed by atoms with Gasteiger partial charge in [-0.2, -0.15) is 0 Å². The first-order chi connectivity index (χ1) is 6.35. The van der Waals surface area contributed by atoms with Crippen LogP contribution in [0.2, 0.25) is 0 Å². The molecule has 3 heteroatoms. The first kappa shape index (κ1) is 9.16. The van der Waals surface area contributed by atoms with Gasteiger partial charge in [-0.05, 0) is 25.7 Å². The number of carbonyl (C=O) groups is 1. The maximum Gasteiger partial charge on any atom is 0.128 e. The van der Waals surface area contributed by atoms with Crippen molar-refractivity contribution in [1.82, 2.24) is 0 Å². The molecule has 0 amide bonds. The Morgan fingerprint density at radius 3 is 2.92 bits per heavy atom. The van der Waals surface area contributed by atoms with E-state index in [0.29, 0.717) is 12.7 Å². The third kappa shape index (κ3) is 1.92. The third-order valence-corrected chi connectivity index (χ3v) is 3.04. The highest BCUT2D eigenvalue weighted by molar-refractivity contribution is 5.60. The first-order valence-corrected chi connectivity index (χ1v) is 5.00. The van der Waals surface area contributed by atoms with Crippen LogP contribution >= 0.6 is 0 Å². The molecule has 2 atom stereocenters. The van der Waals surface area contributed by atoms with Crippen molar-refractivity contribution in [3.05, 3.63) is 0 Å². The molecule has 0 spiro atoms. The van der Waals surface area contributed by atoms with Gasteiger partial charge >= 0.3 is 0 Å². The quantitative estimate of drug-likeness (QED) is 0.617. The van der Waals surface area contributed by atoms with E-state index in [9.17, 15) is 4.79 Å². The highest BCUT2D eigenvalue weighted by Gasteiger charge is 2.38. The second-order valence-electron chi connectivity index (χ2n) is 4.12. The van der Waals surface area contributed by atoms with Crippen molar-refractivity contribution in [2.75, 3.05) is 19.8 Å². The summed E-state index contributed by atoms with van der Waals surface area (Å²) in [5, 5.41) is 0. The summed E-state index contributed by atoms with van der Waals surface area (Å²) in [6.07, 6.45) is 5.34. The Morgan fingerprint density at radius 1 is 1.46 bits per heavy atom. The van der Waals surface area contributed by atoms with Crippen LogP contribution in [0.25, 0.3) is 0 Å². The second kappa shape index (κ2) is 3.76. The van der Waals surface area contributed by atoms with Gasteiger partial charge in [-0.25, -0.2) is 0 Å². The van der Waals surface area contributed by atoms with Crippen molar-refractivity contribution in [1.29, 1.82) is 0 Å². The van der Waals surface area contributed by atoms with Gasteiger partial charge < -0.3 is 14.3 Å². The smallest absolute Gasteiger partial charge is 0.128 e. The van der Waals surface area contributed by atoms with Crippen molar-refractivity contribution in [3.8, 4) is 0 Å². The van der Waals surface area contributed by atoms with Crippen LogP contribution in [0.15, 0.2) is 0 Å². The fourth-order valence-corrected chi connectivity index (χ4v) is 2.18. The maximum absolute atomic E-state index is 11.0. The van der Waals surface area contributed by atoms with Crippen LogP contribution in [0, 0.1) is 5.41 Å². The Bertz CT molecular complexity index is 179. The summed E-state index contributed by atoms with van der Waals surface area (Å²) in [6.45, 7) is 2.18. The van der Waals surface area contributed by atoms with E-state index in [1.165, 1.54) is 0 Å². The summed E-state index contributed by atoms with van der Waals surface area (Å²) in [5.41, 5.74) is -0.227. The summed E-state index contributed by atoms with van der Waals surface area (Å²) < 4.78 is 10.8. The van der Waals surface area contributed by atoms with Gasteiger partial charge in [0.15, 0.2) is 0 Å². The van der Waals surface area contributed by atoms with Gasteiger partial charge in [0.05, 0.1) is 18.1 Å². The average molecular weight is 184 g/mol. The van der Waals surface area contributed by atoms with Gasteiger partial charge in [0, 0.05) is 13.2 Å². The van der Waals surface area contributed by atoms with E-state index >= 15 is 0 Å². The molecule has 2 aliphatic heterocycles. The summed E-state index contributed by atoms with van der Waals surface area (Å²) >= 11 is 0. The largest absolute Gasteiger partial charge is 0.380 e. The summed E-state index contributed by atoms with van der Waals surface area (Å²) in [6, 6.07) is 0. The van der Waals surface area contributed by atoms with E-state index in [1.54, 1.807) is 0 Å². The summed E-state index contributed by atoms with van der Waals surface area (Å²) in [7, 11) is 0. The van der Waals surface area contributed by atoms with E-state index in [0.717, 1.165) is 45.2 Å². The van der Waals surface area contributed by atoms with Crippen LogP contribution in [0.5, 0.6) is 0 Å². The lowest BCUT2D eigenvalue weighted by molar-refractivity contribution is -0.118. The standard InChI is InChI=1S/C10H16O3/c11-7-10(3-5-12-8-10)6-9-2-1-4-13-9/h7,9H,1-6,8H2/t9-,10?/m0/s1. The second-order valence-corrected chi connectivity index (χ2v) is 4.12. The van der Waals surface area contributed by atoms with Crippen molar-refractivity contribution in [2.24, 2.45) is 5.41 Å². The average Bonchev–Trinajstić information content (AvgIpc) is 2.77. The Hall–Kier alpha value is -0.410. The van der Waals surface area contributed by atoms with Crippen LogP contribution in [0.4, 0.5) is 0 Å². The molecule has 2 heterocycles. The van der Waals surface area contributed by atoms with Gasteiger partial charge in [0.1, 0.15) is 6.29 Å². The predicted octanol–water partition coefficient (Wildman–Crippen LogP) is 1.16. The molecule has 0 aromatic rings. The number of hydrogen-bond acceptors (Lipinski definition) is 3. The van der Waals surface area contributed by atoms with Crippen LogP contribution in [-0.2, 0) is 14.3 Å². The lowest BCUT2D eigenvalue weighted by Gasteiger charge is -2.23. The zero-order chi connectivity index (χ0) is 9.15. The molecule has 74 valence electrons. The molecule has 0 aliphatic carbocycles. The normalized spacial score (nSPS) is 39.5. The minimum atomic E-state index is -0.227. The van der Waals surface area contributed by atoms with E-state index in [-0.39, 0.29) is 5.41 Å². The molecule has 0 saturated carbocycles. The van der Waals surface area contributed by atoms with E-state index < -0.39 is 0 Å². The van der Waals surface area contributed by atoms with Gasteiger partial charge in [-0.15, -0.1) is 0 Å². The Balaban J connectivity index is 1.92. The maximum atomic E-state index is 11.0. The number of aldehydes is 1. The summed E-state index contributed by atoms with van der Waals surface area (Å²) in [5.74, 6) is 0. The monoisotopic (exact) mass is 184 g/mol. The Morgan fingerprint density at radius 2 is 2.38 bits per heavy atom. The minimum absolute atomic E-state index is 0.227. The van der Waals surface area contributed by atoms with Gasteiger partial charge in [-0.1, -0.05) is 0 Å². The molecule has 0 aromatic carbocycles. The van der Waals surface area contributed by atoms with E-state index in [2.05, 4.69) is 0 Å². The molecule has 2 fully saturated rings. The fourth-order valence-electron chi connectivity index (χ4n) is 2.18. The number of carbonyl (C=O) groups excluding carboxylic acids is 1. The first-order valence-electron chi connectivity index (χ1n) is 5.00. The molecule has 0 bridgehead atoms. The van der Waals surface area contributed by atoms with Crippen LogP contribution in [0.3, 0.4) is 0 Å². The number of hydrogen-bond donors (Lipinski definition) is 0. The third-order valence-electron chi connectivity index (χ3n) is 3.04. The van der Waals surface area contributed by atoms with Crippen molar-refractivity contribution in [3.63, 3.8) is 0 Å². The van der Waals surface area contributed by atoms with E-state index in [4.69, 9.17) is 9.47 Å². The number of ether oxygens (including phenoxy) is 2. The molecule has 1 unspecified atom stereocenters. The predicted molar refractivity (Wildman–Crippen MR) is 47.5 cm³/mol. The lowest BCUT2D eigenvalue weighted by atomic mass is 9.83. The van der Waals surface area contributed by atoms with Crippen LogP contribution in [-0.4, -0.2) is 32.2 Å².